The minimum atomic E-state index is -0.164. The standard InChI is InChI=1S/C61H40/c1-61(2)59-43-32-30-38(34-40(43)31-33-54(59)58-48-24-9-7-21-45(48)46-22-8-14-29-53(46)60(58)61)37-17-15-18-41(35-37)56-49-25-10-12-27-51(49)57(52-28-13-11-26-50(52)56)55-36-39-16-3-4-19-42(39)44-20-5-6-23-47(44)55/h3-36H,1-2H3. The summed E-state index contributed by atoms with van der Waals surface area (Å²) in [6.45, 7) is 4.86. The van der Waals surface area contributed by atoms with E-state index in [1.54, 1.807) is 0 Å². The molecule has 12 aromatic rings. The molecule has 0 nitrogen and oxygen atoms in total. The van der Waals surface area contributed by atoms with E-state index in [-0.39, 0.29) is 5.41 Å². The first-order valence-electron chi connectivity index (χ1n) is 21.5. The highest BCUT2D eigenvalue weighted by Gasteiger charge is 2.39. The molecule has 0 aliphatic heterocycles. The third-order valence-electron chi connectivity index (χ3n) is 13.9. The van der Waals surface area contributed by atoms with Gasteiger partial charge >= 0.3 is 0 Å². The Hall–Kier alpha value is -7.54. The van der Waals surface area contributed by atoms with Crippen LogP contribution in [-0.2, 0) is 5.41 Å². The molecule has 0 heterocycles. The van der Waals surface area contributed by atoms with Gasteiger partial charge in [-0.3, -0.25) is 0 Å². The van der Waals surface area contributed by atoms with Crippen LogP contribution >= 0.6 is 0 Å². The van der Waals surface area contributed by atoms with Crippen molar-refractivity contribution in [3.05, 3.63) is 217 Å². The van der Waals surface area contributed by atoms with Gasteiger partial charge in [-0.05, 0) is 149 Å². The summed E-state index contributed by atoms with van der Waals surface area (Å²) in [5, 5.41) is 18.2. The average molecular weight is 773 g/mol. The van der Waals surface area contributed by atoms with Crippen LogP contribution in [0.4, 0.5) is 0 Å². The molecule has 0 aromatic heterocycles. The number of rotatable bonds is 3. The van der Waals surface area contributed by atoms with Crippen molar-refractivity contribution in [2.45, 2.75) is 19.3 Å². The first kappa shape index (κ1) is 34.3. The molecular formula is C61H40. The minimum absolute atomic E-state index is 0.164. The van der Waals surface area contributed by atoms with E-state index < -0.39 is 0 Å². The van der Waals surface area contributed by atoms with Gasteiger partial charge < -0.3 is 0 Å². The Morgan fingerprint density at radius 3 is 1.39 bits per heavy atom. The van der Waals surface area contributed by atoms with Crippen LogP contribution in [0, 0.1) is 0 Å². The molecule has 0 saturated carbocycles. The highest BCUT2D eigenvalue weighted by atomic mass is 14.4. The Bertz CT molecular complexity index is 3790. The summed E-state index contributed by atoms with van der Waals surface area (Å²) in [4.78, 5) is 0. The summed E-state index contributed by atoms with van der Waals surface area (Å²) in [5.41, 5.74) is 13.0. The largest absolute Gasteiger partial charge is 0.0616 e. The molecule has 61 heavy (non-hydrogen) atoms. The van der Waals surface area contributed by atoms with Gasteiger partial charge in [-0.15, -0.1) is 0 Å². The van der Waals surface area contributed by atoms with Crippen LogP contribution in [0.25, 0.3) is 120 Å². The molecule has 0 saturated heterocycles. The monoisotopic (exact) mass is 772 g/mol. The zero-order chi connectivity index (χ0) is 40.4. The first-order valence-corrected chi connectivity index (χ1v) is 21.5. The minimum Gasteiger partial charge on any atom is -0.0616 e. The maximum absolute atomic E-state index is 2.43. The molecule has 0 radical (unpaired) electrons. The Morgan fingerprint density at radius 1 is 0.246 bits per heavy atom. The van der Waals surface area contributed by atoms with Gasteiger partial charge in [0.2, 0.25) is 0 Å². The second-order valence-electron chi connectivity index (χ2n) is 17.5. The van der Waals surface area contributed by atoms with Gasteiger partial charge in [-0.25, -0.2) is 0 Å². The van der Waals surface area contributed by atoms with Crippen molar-refractivity contribution in [2.75, 3.05) is 0 Å². The quantitative estimate of drug-likeness (QED) is 0.124. The zero-order valence-electron chi connectivity index (χ0n) is 34.1. The maximum atomic E-state index is 2.43. The van der Waals surface area contributed by atoms with Crippen molar-refractivity contribution in [1.82, 2.24) is 0 Å². The molecule has 1 aliphatic carbocycles. The van der Waals surface area contributed by atoms with Gasteiger partial charge in [-0.1, -0.05) is 202 Å². The van der Waals surface area contributed by atoms with E-state index in [9.17, 15) is 0 Å². The topological polar surface area (TPSA) is 0 Å². The Balaban J connectivity index is 0.989. The fourth-order valence-corrected chi connectivity index (χ4v) is 11.4. The van der Waals surface area contributed by atoms with Crippen molar-refractivity contribution in [3.63, 3.8) is 0 Å². The third-order valence-corrected chi connectivity index (χ3v) is 13.9. The van der Waals surface area contributed by atoms with Gasteiger partial charge in [0.15, 0.2) is 0 Å². The summed E-state index contributed by atoms with van der Waals surface area (Å²) in [5.74, 6) is 0. The van der Waals surface area contributed by atoms with E-state index in [2.05, 4.69) is 220 Å². The molecule has 0 spiro atoms. The molecule has 12 aromatic carbocycles. The fraction of sp³-hybridized carbons (Fsp3) is 0.0492. The van der Waals surface area contributed by atoms with E-state index in [0.717, 1.165) is 0 Å². The third kappa shape index (κ3) is 4.82. The molecule has 13 rings (SSSR count). The summed E-state index contributed by atoms with van der Waals surface area (Å²) in [6.07, 6.45) is 0. The summed E-state index contributed by atoms with van der Waals surface area (Å²) in [7, 11) is 0. The SMILES string of the molecule is CC1(C)c2c(ccc3cc(-c4cccc(-c5c6ccccc6c(-c6cc7ccccc7c7ccccc67)c6ccccc56)c4)ccc23)-c2c1c1ccccc1c1ccccc21. The van der Waals surface area contributed by atoms with Gasteiger partial charge in [0.05, 0.1) is 0 Å². The summed E-state index contributed by atoms with van der Waals surface area (Å²) < 4.78 is 0. The van der Waals surface area contributed by atoms with Crippen LogP contribution in [0.1, 0.15) is 25.0 Å². The smallest absolute Gasteiger partial charge is 0.0171 e. The van der Waals surface area contributed by atoms with Gasteiger partial charge in [0.25, 0.3) is 0 Å². The first-order chi connectivity index (χ1) is 30.0. The second-order valence-corrected chi connectivity index (χ2v) is 17.5. The maximum Gasteiger partial charge on any atom is 0.0171 e. The fourth-order valence-electron chi connectivity index (χ4n) is 11.4. The highest BCUT2D eigenvalue weighted by Crippen LogP contribution is 2.56. The number of fused-ring (bicyclic) bond motifs is 15. The average Bonchev–Trinajstić information content (AvgIpc) is 3.57. The molecule has 0 fully saturated rings. The lowest BCUT2D eigenvalue weighted by atomic mass is 9.77. The summed E-state index contributed by atoms with van der Waals surface area (Å²) >= 11 is 0. The second kappa shape index (κ2) is 12.7. The lowest BCUT2D eigenvalue weighted by Gasteiger charge is -2.25. The lowest BCUT2D eigenvalue weighted by molar-refractivity contribution is 0.672. The van der Waals surface area contributed by atoms with Crippen molar-refractivity contribution in [1.29, 1.82) is 0 Å². The van der Waals surface area contributed by atoms with Gasteiger partial charge in [-0.2, -0.15) is 0 Å². The highest BCUT2D eigenvalue weighted by molar-refractivity contribution is 6.26. The summed E-state index contributed by atoms with van der Waals surface area (Å²) in [6, 6.07) is 77.2. The number of hydrogen-bond donors (Lipinski definition) is 0. The van der Waals surface area contributed by atoms with Crippen LogP contribution in [-0.4, -0.2) is 0 Å². The van der Waals surface area contributed by atoms with Crippen LogP contribution < -0.4 is 0 Å². The van der Waals surface area contributed by atoms with E-state index in [0.29, 0.717) is 0 Å². The zero-order valence-corrected chi connectivity index (χ0v) is 34.1. The molecule has 0 N–H and O–H groups in total. The molecule has 0 bridgehead atoms. The molecule has 284 valence electrons. The van der Waals surface area contributed by atoms with E-state index in [1.807, 2.05) is 0 Å². The van der Waals surface area contributed by atoms with Crippen molar-refractivity contribution in [3.8, 4) is 44.5 Å². The number of hydrogen-bond acceptors (Lipinski definition) is 0. The van der Waals surface area contributed by atoms with Crippen LogP contribution in [0.15, 0.2) is 206 Å². The Morgan fingerprint density at radius 2 is 0.721 bits per heavy atom. The van der Waals surface area contributed by atoms with Gasteiger partial charge in [0.1, 0.15) is 0 Å². The van der Waals surface area contributed by atoms with Crippen molar-refractivity contribution in [2.24, 2.45) is 0 Å². The normalized spacial score (nSPS) is 13.2. The predicted molar refractivity (Wildman–Crippen MR) is 263 cm³/mol. The van der Waals surface area contributed by atoms with Crippen LogP contribution in [0.5, 0.6) is 0 Å². The van der Waals surface area contributed by atoms with E-state index in [1.165, 1.54) is 131 Å². The molecule has 0 amide bonds. The molecule has 0 heteroatoms. The van der Waals surface area contributed by atoms with E-state index >= 15 is 0 Å². The van der Waals surface area contributed by atoms with Crippen LogP contribution in [0.3, 0.4) is 0 Å². The predicted octanol–water partition coefficient (Wildman–Crippen LogP) is 17.1. The molecule has 0 unspecified atom stereocenters. The molecule has 1 aliphatic rings. The van der Waals surface area contributed by atoms with E-state index in [4.69, 9.17) is 0 Å². The van der Waals surface area contributed by atoms with Crippen LogP contribution in [0.2, 0.25) is 0 Å². The molecular weight excluding hydrogens is 733 g/mol. The Kier molecular flexibility index (Phi) is 7.17. The van der Waals surface area contributed by atoms with Gasteiger partial charge in [0, 0.05) is 5.41 Å². The van der Waals surface area contributed by atoms with Crippen molar-refractivity contribution >= 4 is 75.4 Å². The Labute approximate surface area is 355 Å². The van der Waals surface area contributed by atoms with Crippen molar-refractivity contribution < 1.29 is 0 Å². The number of benzene rings is 12. The molecule has 0 atom stereocenters. The lowest BCUT2D eigenvalue weighted by Crippen LogP contribution is -2.16.